The van der Waals surface area contributed by atoms with Gasteiger partial charge in [0.1, 0.15) is 0 Å². The lowest BCUT2D eigenvalue weighted by Gasteiger charge is -2.33. The Bertz CT molecular complexity index is 389. The second-order valence-corrected chi connectivity index (χ2v) is 8.46. The number of hydrogen-bond acceptors (Lipinski definition) is 3. The smallest absolute Gasteiger partial charge is 0.221 e. The van der Waals surface area contributed by atoms with Crippen molar-refractivity contribution in [3.8, 4) is 0 Å². The molecule has 108 valence electrons. The highest BCUT2D eigenvalue weighted by atomic mass is 32.2. The Hall–Kier alpha value is -0.620. The van der Waals surface area contributed by atoms with Crippen molar-refractivity contribution in [2.75, 3.05) is 12.8 Å². The largest absolute Gasteiger partial charge is 0.351 e. The van der Waals surface area contributed by atoms with Crippen molar-refractivity contribution in [1.29, 1.82) is 0 Å². The van der Waals surface area contributed by atoms with Crippen LogP contribution in [0.25, 0.3) is 0 Å². The maximum absolute atomic E-state index is 11.7. The number of carbonyl (C=O) groups excluding carboxylic acids is 1. The summed E-state index contributed by atoms with van der Waals surface area (Å²) in [5, 5.41) is 2.82. The van der Waals surface area contributed by atoms with Gasteiger partial charge in [0.15, 0.2) is 0 Å². The Morgan fingerprint density at radius 3 is 1.83 bits per heavy atom. The molecule has 0 atom stereocenters. The van der Waals surface area contributed by atoms with Crippen LogP contribution in [0.5, 0.6) is 0 Å². The summed E-state index contributed by atoms with van der Waals surface area (Å²) in [5.74, 6) is -0.139. The predicted molar refractivity (Wildman–Crippen MR) is 73.8 cm³/mol. The standard InChI is InChI=1S/C12H26N2O3S/c1-11(2,3)13-10(15)8-9-14(12(4,5)6)18(7,16)17/h8-9H2,1-7H3,(H,13,15). The minimum absolute atomic E-state index is 0.139. The summed E-state index contributed by atoms with van der Waals surface area (Å²) in [6.07, 6.45) is 1.33. The third kappa shape index (κ3) is 6.96. The zero-order valence-electron chi connectivity index (χ0n) is 12.5. The third-order valence-electron chi connectivity index (χ3n) is 2.20. The highest BCUT2D eigenvalue weighted by Gasteiger charge is 2.29. The fourth-order valence-electron chi connectivity index (χ4n) is 1.68. The molecule has 0 aromatic rings. The number of nitrogens with one attached hydrogen (secondary N) is 1. The zero-order valence-corrected chi connectivity index (χ0v) is 13.3. The molecular formula is C12H26N2O3S. The first-order valence-corrected chi connectivity index (χ1v) is 7.87. The van der Waals surface area contributed by atoms with E-state index in [1.54, 1.807) is 0 Å². The molecule has 0 radical (unpaired) electrons. The molecule has 0 aromatic heterocycles. The fourth-order valence-corrected chi connectivity index (χ4v) is 3.10. The van der Waals surface area contributed by atoms with Gasteiger partial charge in [0.2, 0.25) is 15.9 Å². The van der Waals surface area contributed by atoms with Crippen molar-refractivity contribution in [3.63, 3.8) is 0 Å². The Labute approximate surface area is 111 Å². The quantitative estimate of drug-likeness (QED) is 0.844. The molecule has 0 heterocycles. The second-order valence-electron chi connectivity index (χ2n) is 6.55. The van der Waals surface area contributed by atoms with Gasteiger partial charge in [-0.15, -0.1) is 0 Å². The lowest BCUT2D eigenvalue weighted by atomic mass is 10.1. The SMILES string of the molecule is CC(C)(C)NC(=O)CCN(C(C)(C)C)S(C)(=O)=O. The van der Waals surface area contributed by atoms with Crippen molar-refractivity contribution in [3.05, 3.63) is 0 Å². The van der Waals surface area contributed by atoms with Gasteiger partial charge < -0.3 is 5.32 Å². The average molecular weight is 278 g/mol. The molecule has 0 spiro atoms. The number of sulfonamides is 1. The van der Waals surface area contributed by atoms with E-state index in [2.05, 4.69) is 5.32 Å². The molecule has 1 N–H and O–H groups in total. The van der Waals surface area contributed by atoms with Crippen LogP contribution in [-0.4, -0.2) is 42.5 Å². The van der Waals surface area contributed by atoms with Crippen LogP contribution in [0, 0.1) is 0 Å². The molecule has 0 unspecified atom stereocenters. The Kier molecular flexibility index (Phi) is 5.38. The molecule has 0 fully saturated rings. The van der Waals surface area contributed by atoms with Crippen LogP contribution in [0.2, 0.25) is 0 Å². The molecule has 0 saturated carbocycles. The minimum atomic E-state index is -3.31. The summed E-state index contributed by atoms with van der Waals surface area (Å²) >= 11 is 0. The fraction of sp³-hybridized carbons (Fsp3) is 0.917. The van der Waals surface area contributed by atoms with Crippen molar-refractivity contribution in [2.45, 2.75) is 59.0 Å². The molecule has 0 aliphatic carbocycles. The highest BCUT2D eigenvalue weighted by molar-refractivity contribution is 7.88. The maximum atomic E-state index is 11.7. The van der Waals surface area contributed by atoms with Crippen LogP contribution in [-0.2, 0) is 14.8 Å². The lowest BCUT2D eigenvalue weighted by molar-refractivity contribution is -0.122. The predicted octanol–water partition coefficient (Wildman–Crippen LogP) is 1.35. The van der Waals surface area contributed by atoms with E-state index in [0.717, 1.165) is 0 Å². The molecule has 1 amide bonds. The van der Waals surface area contributed by atoms with Crippen LogP contribution in [0.4, 0.5) is 0 Å². The number of nitrogens with zero attached hydrogens (tertiary/aromatic N) is 1. The van der Waals surface area contributed by atoms with Crippen LogP contribution in [0.3, 0.4) is 0 Å². The average Bonchev–Trinajstić information content (AvgIpc) is 1.93. The van der Waals surface area contributed by atoms with Gasteiger partial charge in [0.25, 0.3) is 0 Å². The molecule has 0 saturated heterocycles. The molecule has 0 aromatic carbocycles. The molecule has 0 rings (SSSR count). The van der Waals surface area contributed by atoms with Crippen molar-refractivity contribution < 1.29 is 13.2 Å². The topological polar surface area (TPSA) is 66.5 Å². The minimum Gasteiger partial charge on any atom is -0.351 e. The van der Waals surface area contributed by atoms with E-state index in [9.17, 15) is 13.2 Å². The van der Waals surface area contributed by atoms with Gasteiger partial charge >= 0.3 is 0 Å². The summed E-state index contributed by atoms with van der Waals surface area (Å²) < 4.78 is 24.7. The van der Waals surface area contributed by atoms with Crippen molar-refractivity contribution >= 4 is 15.9 Å². The highest BCUT2D eigenvalue weighted by Crippen LogP contribution is 2.17. The molecular weight excluding hydrogens is 252 g/mol. The molecule has 5 nitrogen and oxygen atoms in total. The van der Waals surface area contributed by atoms with E-state index in [4.69, 9.17) is 0 Å². The third-order valence-corrected chi connectivity index (χ3v) is 3.74. The summed E-state index contributed by atoms with van der Waals surface area (Å²) in [7, 11) is -3.31. The van der Waals surface area contributed by atoms with E-state index in [1.807, 2.05) is 41.5 Å². The Morgan fingerprint density at radius 1 is 1.11 bits per heavy atom. The van der Waals surface area contributed by atoms with E-state index in [0.29, 0.717) is 0 Å². The molecule has 6 heteroatoms. The second kappa shape index (κ2) is 5.57. The molecule has 18 heavy (non-hydrogen) atoms. The van der Waals surface area contributed by atoms with E-state index in [-0.39, 0.29) is 24.4 Å². The summed E-state index contributed by atoms with van der Waals surface area (Å²) in [5.41, 5.74) is -0.815. The van der Waals surface area contributed by atoms with Gasteiger partial charge in [-0.3, -0.25) is 4.79 Å². The zero-order chi connectivity index (χ0) is 14.8. The summed E-state index contributed by atoms with van der Waals surface area (Å²) in [6, 6.07) is 0. The van der Waals surface area contributed by atoms with E-state index in [1.165, 1.54) is 10.6 Å². The Balaban J connectivity index is 4.63. The summed E-state index contributed by atoms with van der Waals surface area (Å²) in [4.78, 5) is 11.7. The van der Waals surface area contributed by atoms with Crippen LogP contribution < -0.4 is 5.32 Å². The van der Waals surface area contributed by atoms with Crippen LogP contribution >= 0.6 is 0 Å². The monoisotopic (exact) mass is 278 g/mol. The number of hydrogen-bond donors (Lipinski definition) is 1. The van der Waals surface area contributed by atoms with Gasteiger partial charge in [0.05, 0.1) is 6.26 Å². The first-order chi connectivity index (χ1) is 7.73. The Morgan fingerprint density at radius 2 is 1.56 bits per heavy atom. The van der Waals surface area contributed by atoms with Gasteiger partial charge in [-0.2, -0.15) is 4.31 Å². The van der Waals surface area contributed by atoms with Gasteiger partial charge in [-0.1, -0.05) is 0 Å². The normalized spacial score (nSPS) is 13.8. The van der Waals surface area contributed by atoms with Gasteiger partial charge in [-0.05, 0) is 41.5 Å². The number of amides is 1. The van der Waals surface area contributed by atoms with Gasteiger partial charge in [0, 0.05) is 24.0 Å². The number of rotatable bonds is 4. The van der Waals surface area contributed by atoms with Crippen molar-refractivity contribution in [2.24, 2.45) is 0 Å². The maximum Gasteiger partial charge on any atom is 0.221 e. The van der Waals surface area contributed by atoms with Crippen LogP contribution in [0.15, 0.2) is 0 Å². The number of carbonyl (C=O) groups is 1. The molecule has 0 aliphatic rings. The van der Waals surface area contributed by atoms with Crippen LogP contribution in [0.1, 0.15) is 48.0 Å². The van der Waals surface area contributed by atoms with Crippen molar-refractivity contribution in [1.82, 2.24) is 9.62 Å². The first-order valence-electron chi connectivity index (χ1n) is 6.02. The first kappa shape index (κ1) is 17.4. The summed E-state index contributed by atoms with van der Waals surface area (Å²) in [6.45, 7) is 11.3. The molecule has 0 bridgehead atoms. The lowest BCUT2D eigenvalue weighted by Crippen LogP contribution is -2.48. The van der Waals surface area contributed by atoms with E-state index < -0.39 is 15.6 Å². The van der Waals surface area contributed by atoms with E-state index >= 15 is 0 Å². The van der Waals surface area contributed by atoms with Gasteiger partial charge in [-0.25, -0.2) is 8.42 Å². The molecule has 0 aliphatic heterocycles.